The standard InChI is InChI=1S/C13H21N3O2S/c1-4-16-7-5-6-10(16)8-15(2)13-14-11(9-19-13)12(17)18-3/h9-10H,4-8H2,1-3H3. The first-order valence-electron chi connectivity index (χ1n) is 6.64. The summed E-state index contributed by atoms with van der Waals surface area (Å²) in [5, 5.41) is 2.63. The van der Waals surface area contributed by atoms with Crippen LogP contribution in [0.1, 0.15) is 30.3 Å². The van der Waals surface area contributed by atoms with Crippen molar-refractivity contribution in [3.63, 3.8) is 0 Å². The summed E-state index contributed by atoms with van der Waals surface area (Å²) in [6.45, 7) is 5.46. The fraction of sp³-hybridized carbons (Fsp3) is 0.692. The van der Waals surface area contributed by atoms with Crippen LogP contribution in [0.2, 0.25) is 0 Å². The molecule has 0 amide bonds. The minimum Gasteiger partial charge on any atom is -0.464 e. The van der Waals surface area contributed by atoms with Gasteiger partial charge in [0.25, 0.3) is 0 Å². The van der Waals surface area contributed by atoms with E-state index in [1.807, 2.05) is 7.05 Å². The second kappa shape index (κ2) is 6.34. The molecule has 0 saturated carbocycles. The number of hydrogen-bond acceptors (Lipinski definition) is 6. The Hall–Kier alpha value is -1.14. The van der Waals surface area contributed by atoms with E-state index in [4.69, 9.17) is 0 Å². The molecule has 0 bridgehead atoms. The number of thiazole rings is 1. The van der Waals surface area contributed by atoms with Crippen LogP contribution in [0.25, 0.3) is 0 Å². The Labute approximate surface area is 118 Å². The minimum absolute atomic E-state index is 0.369. The van der Waals surface area contributed by atoms with Gasteiger partial charge in [-0.1, -0.05) is 6.92 Å². The molecular formula is C13H21N3O2S. The van der Waals surface area contributed by atoms with Crippen LogP contribution in [0.4, 0.5) is 5.13 Å². The molecule has 1 fully saturated rings. The number of methoxy groups -OCH3 is 1. The van der Waals surface area contributed by atoms with Crippen molar-refractivity contribution in [2.45, 2.75) is 25.8 Å². The molecule has 6 heteroatoms. The summed E-state index contributed by atoms with van der Waals surface area (Å²) in [7, 11) is 3.41. The third kappa shape index (κ3) is 3.25. The van der Waals surface area contributed by atoms with Gasteiger partial charge in [0.15, 0.2) is 10.8 Å². The molecule has 106 valence electrons. The highest BCUT2D eigenvalue weighted by Crippen LogP contribution is 2.23. The van der Waals surface area contributed by atoms with Crippen LogP contribution in [0.15, 0.2) is 5.38 Å². The van der Waals surface area contributed by atoms with Gasteiger partial charge >= 0.3 is 5.97 Å². The van der Waals surface area contributed by atoms with Gasteiger partial charge in [-0.05, 0) is 25.9 Å². The van der Waals surface area contributed by atoms with Crippen molar-refractivity contribution >= 4 is 22.4 Å². The van der Waals surface area contributed by atoms with Gasteiger partial charge in [0, 0.05) is 25.0 Å². The Balaban J connectivity index is 1.97. The van der Waals surface area contributed by atoms with Crippen molar-refractivity contribution in [1.82, 2.24) is 9.88 Å². The van der Waals surface area contributed by atoms with Crippen molar-refractivity contribution in [3.05, 3.63) is 11.1 Å². The van der Waals surface area contributed by atoms with Gasteiger partial charge in [-0.2, -0.15) is 0 Å². The Kier molecular flexibility index (Phi) is 4.76. The van der Waals surface area contributed by atoms with Crippen LogP contribution in [-0.4, -0.2) is 55.7 Å². The average Bonchev–Trinajstić information content (AvgIpc) is 3.06. The lowest BCUT2D eigenvalue weighted by Crippen LogP contribution is -2.38. The zero-order valence-electron chi connectivity index (χ0n) is 11.8. The summed E-state index contributed by atoms with van der Waals surface area (Å²) in [6, 6.07) is 0.598. The maximum Gasteiger partial charge on any atom is 0.357 e. The molecule has 0 aromatic carbocycles. The Morgan fingerprint density at radius 2 is 2.47 bits per heavy atom. The highest BCUT2D eigenvalue weighted by molar-refractivity contribution is 7.13. The number of anilines is 1. The molecule has 1 aliphatic rings. The smallest absolute Gasteiger partial charge is 0.357 e. The fourth-order valence-corrected chi connectivity index (χ4v) is 3.32. The Morgan fingerprint density at radius 3 is 3.16 bits per heavy atom. The van der Waals surface area contributed by atoms with Crippen LogP contribution < -0.4 is 4.90 Å². The maximum atomic E-state index is 11.4. The lowest BCUT2D eigenvalue weighted by atomic mass is 10.2. The summed E-state index contributed by atoms with van der Waals surface area (Å²) in [4.78, 5) is 20.4. The summed E-state index contributed by atoms with van der Waals surface area (Å²) in [5.74, 6) is -0.369. The fourth-order valence-electron chi connectivity index (χ4n) is 2.55. The highest BCUT2D eigenvalue weighted by Gasteiger charge is 2.25. The number of carbonyl (C=O) groups is 1. The molecule has 1 atom stereocenters. The third-order valence-corrected chi connectivity index (χ3v) is 4.56. The van der Waals surface area contributed by atoms with E-state index in [9.17, 15) is 4.79 Å². The average molecular weight is 283 g/mol. The first-order valence-corrected chi connectivity index (χ1v) is 7.52. The lowest BCUT2D eigenvalue weighted by Gasteiger charge is -2.27. The van der Waals surface area contributed by atoms with E-state index in [1.54, 1.807) is 5.38 Å². The van der Waals surface area contributed by atoms with E-state index in [0.717, 1.165) is 18.2 Å². The zero-order valence-corrected chi connectivity index (χ0v) is 12.6. The van der Waals surface area contributed by atoms with Crippen LogP contribution in [0.5, 0.6) is 0 Å². The van der Waals surface area contributed by atoms with Crippen molar-refractivity contribution in [3.8, 4) is 0 Å². The molecule has 0 N–H and O–H groups in total. The first-order chi connectivity index (χ1) is 9.15. The summed E-state index contributed by atoms with van der Waals surface area (Å²) < 4.78 is 4.68. The van der Waals surface area contributed by atoms with Gasteiger partial charge < -0.3 is 9.64 Å². The molecule has 1 aromatic heterocycles. The number of carbonyl (C=O) groups excluding carboxylic acids is 1. The topological polar surface area (TPSA) is 45.7 Å². The van der Waals surface area contributed by atoms with E-state index >= 15 is 0 Å². The predicted molar refractivity (Wildman–Crippen MR) is 77.0 cm³/mol. The monoisotopic (exact) mass is 283 g/mol. The van der Waals surface area contributed by atoms with E-state index in [-0.39, 0.29) is 5.97 Å². The second-order valence-electron chi connectivity index (χ2n) is 4.81. The molecule has 0 spiro atoms. The molecule has 1 aliphatic heterocycles. The third-order valence-electron chi connectivity index (χ3n) is 3.60. The number of ether oxygens (including phenoxy) is 1. The van der Waals surface area contributed by atoms with Crippen LogP contribution in [-0.2, 0) is 4.74 Å². The number of likely N-dealkylation sites (N-methyl/N-ethyl adjacent to an activating group) is 2. The second-order valence-corrected chi connectivity index (χ2v) is 5.65. The summed E-state index contributed by atoms with van der Waals surface area (Å²) in [5.41, 5.74) is 0.396. The van der Waals surface area contributed by atoms with Gasteiger partial charge in [0.2, 0.25) is 0 Å². The van der Waals surface area contributed by atoms with Crippen LogP contribution >= 0.6 is 11.3 Å². The van der Waals surface area contributed by atoms with Crippen molar-refractivity contribution in [2.75, 3.05) is 38.7 Å². The number of esters is 1. The SMILES string of the molecule is CCN1CCCC1CN(C)c1nc(C(=O)OC)cs1. The normalized spacial score (nSPS) is 19.6. The number of nitrogens with zero attached hydrogens (tertiary/aromatic N) is 3. The molecule has 19 heavy (non-hydrogen) atoms. The largest absolute Gasteiger partial charge is 0.464 e. The number of hydrogen-bond donors (Lipinski definition) is 0. The van der Waals surface area contributed by atoms with Gasteiger partial charge in [-0.15, -0.1) is 11.3 Å². The predicted octanol–water partition coefficient (Wildman–Crippen LogP) is 1.85. The Morgan fingerprint density at radius 1 is 1.68 bits per heavy atom. The Bertz CT molecular complexity index is 435. The van der Waals surface area contributed by atoms with E-state index in [2.05, 4.69) is 26.4 Å². The molecular weight excluding hydrogens is 262 g/mol. The molecule has 2 heterocycles. The van der Waals surface area contributed by atoms with Crippen LogP contribution in [0, 0.1) is 0 Å². The first kappa shape index (κ1) is 14.3. The molecule has 1 unspecified atom stereocenters. The highest BCUT2D eigenvalue weighted by atomic mass is 32.1. The summed E-state index contributed by atoms with van der Waals surface area (Å²) >= 11 is 1.49. The van der Waals surface area contributed by atoms with Gasteiger partial charge in [0.1, 0.15) is 0 Å². The molecule has 1 saturated heterocycles. The van der Waals surface area contributed by atoms with Crippen molar-refractivity contribution in [1.29, 1.82) is 0 Å². The van der Waals surface area contributed by atoms with E-state index in [0.29, 0.717) is 11.7 Å². The maximum absolute atomic E-state index is 11.4. The minimum atomic E-state index is -0.369. The lowest BCUT2D eigenvalue weighted by molar-refractivity contribution is 0.0595. The van der Waals surface area contributed by atoms with E-state index in [1.165, 1.54) is 37.8 Å². The van der Waals surface area contributed by atoms with Crippen molar-refractivity contribution < 1.29 is 9.53 Å². The van der Waals surface area contributed by atoms with Gasteiger partial charge in [-0.3, -0.25) is 4.90 Å². The zero-order chi connectivity index (χ0) is 13.8. The van der Waals surface area contributed by atoms with Crippen molar-refractivity contribution in [2.24, 2.45) is 0 Å². The molecule has 5 nitrogen and oxygen atoms in total. The summed E-state index contributed by atoms with van der Waals surface area (Å²) in [6.07, 6.45) is 2.52. The van der Waals surface area contributed by atoms with Gasteiger partial charge in [-0.25, -0.2) is 9.78 Å². The molecule has 0 radical (unpaired) electrons. The molecule has 1 aromatic rings. The van der Waals surface area contributed by atoms with Gasteiger partial charge in [0.05, 0.1) is 7.11 Å². The number of likely N-dealkylation sites (tertiary alicyclic amines) is 1. The number of aromatic nitrogens is 1. The number of rotatable bonds is 5. The molecule has 0 aliphatic carbocycles. The molecule has 2 rings (SSSR count). The van der Waals surface area contributed by atoms with Crippen LogP contribution in [0.3, 0.4) is 0 Å². The quantitative estimate of drug-likeness (QED) is 0.772. The van der Waals surface area contributed by atoms with E-state index < -0.39 is 0 Å².